The SMILES string of the molecule is COC(=O)C1=C(C)N(CCC[NH+](C)C)C(=S)N[C@H]1c1ccc([N+](=O)[O-])cc1. The lowest BCUT2D eigenvalue weighted by molar-refractivity contribution is -0.858. The molecule has 1 aliphatic rings. The maximum atomic E-state index is 12.5. The van der Waals surface area contributed by atoms with Gasteiger partial charge in [-0.15, -0.1) is 0 Å². The van der Waals surface area contributed by atoms with Crippen LogP contribution in [0.3, 0.4) is 0 Å². The molecule has 0 saturated heterocycles. The van der Waals surface area contributed by atoms with Crippen molar-refractivity contribution >= 4 is 29.0 Å². The number of ether oxygens (including phenoxy) is 1. The molecule has 1 aromatic carbocycles. The van der Waals surface area contributed by atoms with E-state index in [-0.39, 0.29) is 5.69 Å². The number of nitro groups is 1. The van der Waals surface area contributed by atoms with Crippen molar-refractivity contribution in [3.05, 3.63) is 51.2 Å². The van der Waals surface area contributed by atoms with Gasteiger partial charge in [-0.05, 0) is 36.8 Å². The van der Waals surface area contributed by atoms with E-state index < -0.39 is 16.9 Å². The molecule has 1 aromatic rings. The zero-order valence-electron chi connectivity index (χ0n) is 15.9. The topological polar surface area (TPSA) is 89.2 Å². The number of nitrogens with zero attached hydrogens (tertiary/aromatic N) is 2. The lowest BCUT2D eigenvalue weighted by Crippen LogP contribution is -3.05. The zero-order chi connectivity index (χ0) is 20.1. The van der Waals surface area contributed by atoms with E-state index in [0.717, 1.165) is 18.7 Å². The predicted octanol–water partition coefficient (Wildman–Crippen LogP) is 0.808. The van der Waals surface area contributed by atoms with Crippen LogP contribution in [0.5, 0.6) is 0 Å². The van der Waals surface area contributed by atoms with Crippen molar-refractivity contribution in [2.45, 2.75) is 19.4 Å². The molecule has 9 heteroatoms. The van der Waals surface area contributed by atoms with E-state index >= 15 is 0 Å². The zero-order valence-corrected chi connectivity index (χ0v) is 16.8. The lowest BCUT2D eigenvalue weighted by Gasteiger charge is -2.37. The molecule has 0 radical (unpaired) electrons. The van der Waals surface area contributed by atoms with E-state index in [4.69, 9.17) is 17.0 Å². The predicted molar refractivity (Wildman–Crippen MR) is 105 cm³/mol. The summed E-state index contributed by atoms with van der Waals surface area (Å²) in [6, 6.07) is 5.56. The van der Waals surface area contributed by atoms with Gasteiger partial charge in [0.2, 0.25) is 0 Å². The first-order chi connectivity index (χ1) is 12.8. The van der Waals surface area contributed by atoms with Crippen LogP contribution in [-0.4, -0.2) is 55.2 Å². The Morgan fingerprint density at radius 1 is 1.37 bits per heavy atom. The van der Waals surface area contributed by atoms with Crippen LogP contribution in [0.1, 0.15) is 24.9 Å². The highest BCUT2D eigenvalue weighted by Gasteiger charge is 2.34. The number of esters is 1. The second kappa shape index (κ2) is 8.92. The molecular formula is C18H25N4O4S+. The number of nitrogens with one attached hydrogen (secondary N) is 2. The molecule has 1 heterocycles. The molecule has 0 saturated carbocycles. The molecule has 0 fully saturated rings. The van der Waals surface area contributed by atoms with Crippen molar-refractivity contribution in [2.24, 2.45) is 0 Å². The Bertz CT molecular complexity index is 761. The van der Waals surface area contributed by atoms with Gasteiger partial charge < -0.3 is 19.9 Å². The van der Waals surface area contributed by atoms with Crippen molar-refractivity contribution in [2.75, 3.05) is 34.3 Å². The van der Waals surface area contributed by atoms with Crippen LogP contribution in [0.2, 0.25) is 0 Å². The van der Waals surface area contributed by atoms with Crippen molar-refractivity contribution in [1.82, 2.24) is 10.2 Å². The number of hydrogen-bond donors (Lipinski definition) is 2. The molecule has 1 aliphatic heterocycles. The van der Waals surface area contributed by atoms with Gasteiger partial charge in [-0.3, -0.25) is 10.1 Å². The van der Waals surface area contributed by atoms with Crippen LogP contribution in [-0.2, 0) is 9.53 Å². The van der Waals surface area contributed by atoms with E-state index in [1.165, 1.54) is 24.1 Å². The number of non-ortho nitro benzene ring substituents is 1. The largest absolute Gasteiger partial charge is 0.466 e. The highest BCUT2D eigenvalue weighted by Crippen LogP contribution is 2.32. The van der Waals surface area contributed by atoms with Gasteiger partial charge in [-0.25, -0.2) is 4.79 Å². The number of carbonyl (C=O) groups excluding carboxylic acids is 1. The van der Waals surface area contributed by atoms with E-state index in [9.17, 15) is 14.9 Å². The summed E-state index contributed by atoms with van der Waals surface area (Å²) >= 11 is 5.52. The minimum Gasteiger partial charge on any atom is -0.466 e. The molecule has 8 nitrogen and oxygen atoms in total. The van der Waals surface area contributed by atoms with Crippen molar-refractivity contribution in [3.8, 4) is 0 Å². The van der Waals surface area contributed by atoms with Gasteiger partial charge in [-0.2, -0.15) is 0 Å². The Morgan fingerprint density at radius 2 is 2.00 bits per heavy atom. The maximum absolute atomic E-state index is 12.5. The van der Waals surface area contributed by atoms with Gasteiger partial charge in [0, 0.05) is 30.8 Å². The average molecular weight is 393 g/mol. The monoisotopic (exact) mass is 393 g/mol. The summed E-state index contributed by atoms with van der Waals surface area (Å²) in [7, 11) is 5.50. The Labute approximate surface area is 163 Å². The van der Waals surface area contributed by atoms with Crippen molar-refractivity contribution in [3.63, 3.8) is 0 Å². The third-order valence-electron chi connectivity index (χ3n) is 4.50. The average Bonchev–Trinajstić information content (AvgIpc) is 2.63. The molecular weight excluding hydrogens is 368 g/mol. The number of nitro benzene ring substituents is 1. The normalized spacial score (nSPS) is 17.1. The summed E-state index contributed by atoms with van der Waals surface area (Å²) in [5, 5.41) is 14.6. The number of rotatable bonds is 7. The summed E-state index contributed by atoms with van der Waals surface area (Å²) in [6.45, 7) is 3.52. The molecule has 0 aromatic heterocycles. The minimum absolute atomic E-state index is 0.00901. The summed E-state index contributed by atoms with van der Waals surface area (Å²) < 4.78 is 4.98. The Morgan fingerprint density at radius 3 is 2.52 bits per heavy atom. The molecule has 27 heavy (non-hydrogen) atoms. The fourth-order valence-corrected chi connectivity index (χ4v) is 3.40. The molecule has 1 atom stereocenters. The Balaban J connectivity index is 2.37. The smallest absolute Gasteiger partial charge is 0.337 e. The highest BCUT2D eigenvalue weighted by molar-refractivity contribution is 7.80. The summed E-state index contributed by atoms with van der Waals surface area (Å²) in [5.41, 5.74) is 1.89. The summed E-state index contributed by atoms with van der Waals surface area (Å²) in [5.74, 6) is -0.450. The number of allylic oxidation sites excluding steroid dienone is 1. The molecule has 0 amide bonds. The molecule has 146 valence electrons. The fourth-order valence-electron chi connectivity index (χ4n) is 3.05. The van der Waals surface area contributed by atoms with Crippen LogP contribution >= 0.6 is 12.2 Å². The number of hydrogen-bond acceptors (Lipinski definition) is 5. The number of carbonyl (C=O) groups is 1. The van der Waals surface area contributed by atoms with Crippen LogP contribution in [0.25, 0.3) is 0 Å². The van der Waals surface area contributed by atoms with Gasteiger partial charge in [0.15, 0.2) is 5.11 Å². The highest BCUT2D eigenvalue weighted by atomic mass is 32.1. The van der Waals surface area contributed by atoms with Crippen LogP contribution < -0.4 is 10.2 Å². The number of methoxy groups -OCH3 is 1. The van der Waals surface area contributed by atoms with E-state index in [1.54, 1.807) is 12.1 Å². The van der Waals surface area contributed by atoms with Gasteiger partial charge in [0.25, 0.3) is 5.69 Å². The summed E-state index contributed by atoms with van der Waals surface area (Å²) in [4.78, 5) is 26.1. The summed E-state index contributed by atoms with van der Waals surface area (Å²) in [6.07, 6.45) is 0.915. The molecule has 0 spiro atoms. The third-order valence-corrected chi connectivity index (χ3v) is 4.84. The van der Waals surface area contributed by atoms with Gasteiger partial charge >= 0.3 is 5.97 Å². The van der Waals surface area contributed by atoms with Crippen molar-refractivity contribution < 1.29 is 19.4 Å². The van der Waals surface area contributed by atoms with E-state index in [2.05, 4.69) is 19.4 Å². The van der Waals surface area contributed by atoms with Gasteiger partial charge in [0.1, 0.15) is 0 Å². The van der Waals surface area contributed by atoms with Crippen molar-refractivity contribution in [1.29, 1.82) is 0 Å². The lowest BCUT2D eigenvalue weighted by atomic mass is 9.94. The van der Waals surface area contributed by atoms with Crippen LogP contribution in [0.15, 0.2) is 35.5 Å². The van der Waals surface area contributed by atoms with E-state index in [1.807, 2.05) is 11.8 Å². The molecule has 2 rings (SSSR count). The number of benzene rings is 1. The Kier molecular flexibility index (Phi) is 6.86. The first kappa shape index (κ1) is 20.8. The van der Waals surface area contributed by atoms with E-state index in [0.29, 0.717) is 22.8 Å². The molecule has 0 unspecified atom stereocenters. The first-order valence-electron chi connectivity index (χ1n) is 8.66. The molecule has 0 aliphatic carbocycles. The number of thiocarbonyl (C=S) groups is 1. The van der Waals surface area contributed by atoms with Crippen LogP contribution in [0.4, 0.5) is 5.69 Å². The standard InChI is InChI=1S/C18H24N4O4S/c1-12-15(17(23)26-4)16(13-6-8-14(9-7-13)22(24)25)19-18(27)21(12)11-5-10-20(2)3/h6-9,16H,5,10-11H2,1-4H3,(H,19,27)/p+1/t16-/m0/s1. The second-order valence-electron chi connectivity index (χ2n) is 6.68. The van der Waals surface area contributed by atoms with Crippen LogP contribution in [0, 0.1) is 10.1 Å². The van der Waals surface area contributed by atoms with Gasteiger partial charge in [-0.1, -0.05) is 0 Å². The van der Waals surface area contributed by atoms with Gasteiger partial charge in [0.05, 0.1) is 44.3 Å². The fraction of sp³-hybridized carbons (Fsp3) is 0.444. The maximum Gasteiger partial charge on any atom is 0.337 e. The molecule has 0 bridgehead atoms. The minimum atomic E-state index is -0.513. The quantitative estimate of drug-likeness (QED) is 0.307. The first-order valence-corrected chi connectivity index (χ1v) is 9.07. The Hall–Kier alpha value is -2.52. The third kappa shape index (κ3) is 4.81. The molecule has 2 N–H and O–H groups in total. The number of quaternary nitrogens is 1. The second-order valence-corrected chi connectivity index (χ2v) is 7.07.